The molecule has 0 aliphatic carbocycles. The van der Waals surface area contributed by atoms with Crippen LogP contribution in [0.25, 0.3) is 11.4 Å². The lowest BCUT2D eigenvalue weighted by Crippen LogP contribution is -2.25. The quantitative estimate of drug-likeness (QED) is 0.787. The van der Waals surface area contributed by atoms with Gasteiger partial charge in [-0.1, -0.05) is 47.1 Å². The van der Waals surface area contributed by atoms with Gasteiger partial charge in [0.2, 0.25) is 5.91 Å². The van der Waals surface area contributed by atoms with Crippen LogP contribution in [-0.2, 0) is 11.3 Å². The Morgan fingerprint density at radius 1 is 1.25 bits per heavy atom. The Morgan fingerprint density at radius 2 is 2.00 bits per heavy atom. The van der Waals surface area contributed by atoms with E-state index in [1.54, 1.807) is 30.3 Å². The van der Waals surface area contributed by atoms with Crippen molar-refractivity contribution in [2.24, 2.45) is 0 Å². The molecular weight excluding hydrogens is 337 g/mol. The fourth-order valence-corrected chi connectivity index (χ4v) is 2.30. The molecule has 0 atom stereocenters. The summed E-state index contributed by atoms with van der Waals surface area (Å²) >= 11 is 5.78. The van der Waals surface area contributed by atoms with E-state index in [0.717, 1.165) is 10.6 Å². The minimum absolute atomic E-state index is 0.0711. The van der Waals surface area contributed by atoms with Crippen LogP contribution in [0, 0.1) is 5.82 Å². The van der Waals surface area contributed by atoms with Gasteiger partial charge in [-0.05, 0) is 18.2 Å². The van der Waals surface area contributed by atoms with E-state index in [1.165, 1.54) is 12.1 Å². The predicted molar refractivity (Wildman–Crippen MR) is 86.2 cm³/mol. The van der Waals surface area contributed by atoms with Gasteiger partial charge >= 0.3 is 5.76 Å². The van der Waals surface area contributed by atoms with Crippen molar-refractivity contribution in [3.05, 3.63) is 69.9 Å². The van der Waals surface area contributed by atoms with E-state index < -0.39 is 17.5 Å². The molecule has 2 aromatic carbocycles. The second-order valence-corrected chi connectivity index (χ2v) is 5.33. The molecule has 8 heteroatoms. The first kappa shape index (κ1) is 15.9. The van der Waals surface area contributed by atoms with Crippen LogP contribution in [0.1, 0.15) is 0 Å². The van der Waals surface area contributed by atoms with Crippen LogP contribution in [0.3, 0.4) is 0 Å². The lowest BCUT2D eigenvalue weighted by atomic mass is 10.2. The number of aromatic nitrogens is 2. The number of amides is 1. The highest BCUT2D eigenvalue weighted by Gasteiger charge is 2.16. The molecular formula is C16H11ClFN3O3. The molecule has 1 N–H and O–H groups in total. The molecule has 0 radical (unpaired) electrons. The maximum Gasteiger partial charge on any atom is 0.442 e. The van der Waals surface area contributed by atoms with E-state index in [-0.39, 0.29) is 23.1 Å². The van der Waals surface area contributed by atoms with E-state index in [9.17, 15) is 14.0 Å². The Kier molecular flexibility index (Phi) is 4.43. The summed E-state index contributed by atoms with van der Waals surface area (Å²) in [7, 11) is 0. The lowest BCUT2D eigenvalue weighted by molar-refractivity contribution is -0.116. The van der Waals surface area contributed by atoms with Gasteiger partial charge in [-0.2, -0.15) is 0 Å². The number of benzene rings is 2. The molecule has 122 valence electrons. The molecule has 1 aromatic heterocycles. The molecule has 6 nitrogen and oxygen atoms in total. The zero-order valence-corrected chi connectivity index (χ0v) is 13.0. The van der Waals surface area contributed by atoms with Crippen molar-refractivity contribution in [1.29, 1.82) is 0 Å². The van der Waals surface area contributed by atoms with Crippen molar-refractivity contribution >= 4 is 23.2 Å². The number of hydrogen-bond donors (Lipinski definition) is 1. The topological polar surface area (TPSA) is 77.1 Å². The van der Waals surface area contributed by atoms with E-state index in [4.69, 9.17) is 11.6 Å². The van der Waals surface area contributed by atoms with Crippen LogP contribution in [0.5, 0.6) is 0 Å². The molecule has 0 fully saturated rings. The molecule has 24 heavy (non-hydrogen) atoms. The maximum absolute atomic E-state index is 13.7. The van der Waals surface area contributed by atoms with Gasteiger partial charge in [-0.15, -0.1) is 0 Å². The van der Waals surface area contributed by atoms with Crippen LogP contribution in [0.15, 0.2) is 57.8 Å². The molecule has 1 amide bonds. The van der Waals surface area contributed by atoms with Crippen LogP contribution >= 0.6 is 11.6 Å². The molecule has 0 saturated carbocycles. The fourth-order valence-electron chi connectivity index (χ4n) is 2.13. The van der Waals surface area contributed by atoms with Gasteiger partial charge in [0.05, 0.1) is 5.69 Å². The van der Waals surface area contributed by atoms with Gasteiger partial charge in [-0.3, -0.25) is 9.32 Å². The van der Waals surface area contributed by atoms with E-state index in [0.29, 0.717) is 5.56 Å². The first-order valence-electron chi connectivity index (χ1n) is 6.91. The molecule has 0 aliphatic rings. The fraction of sp³-hybridized carbons (Fsp3) is 0.0625. The van der Waals surface area contributed by atoms with Crippen LogP contribution in [0.2, 0.25) is 5.02 Å². The van der Waals surface area contributed by atoms with Gasteiger partial charge in [0.15, 0.2) is 5.82 Å². The number of nitrogens with zero attached hydrogens (tertiary/aromatic N) is 2. The van der Waals surface area contributed by atoms with Crippen molar-refractivity contribution in [1.82, 2.24) is 9.72 Å². The Morgan fingerprint density at radius 3 is 2.75 bits per heavy atom. The Hall–Kier alpha value is -2.93. The Labute approximate surface area is 140 Å². The Bertz CT molecular complexity index is 937. The summed E-state index contributed by atoms with van der Waals surface area (Å²) in [5, 5.41) is 6.32. The highest BCUT2D eigenvalue weighted by atomic mass is 35.5. The third kappa shape index (κ3) is 3.36. The average molecular weight is 348 g/mol. The number of anilines is 1. The smallest absolute Gasteiger partial charge is 0.322 e. The van der Waals surface area contributed by atoms with Gasteiger partial charge in [0, 0.05) is 10.6 Å². The summed E-state index contributed by atoms with van der Waals surface area (Å²) in [4.78, 5) is 23.9. The molecule has 0 saturated heterocycles. The van der Waals surface area contributed by atoms with Gasteiger partial charge in [0.1, 0.15) is 12.4 Å². The molecule has 0 bridgehead atoms. The van der Waals surface area contributed by atoms with E-state index >= 15 is 0 Å². The maximum atomic E-state index is 13.7. The summed E-state index contributed by atoms with van der Waals surface area (Å²) in [6.45, 7) is -0.376. The molecule has 3 aromatic rings. The molecule has 0 unspecified atom stereocenters. The zero-order chi connectivity index (χ0) is 17.1. The first-order valence-corrected chi connectivity index (χ1v) is 7.29. The second kappa shape index (κ2) is 6.67. The summed E-state index contributed by atoms with van der Waals surface area (Å²) in [5.74, 6) is -1.81. The average Bonchev–Trinajstić information content (AvgIpc) is 2.93. The zero-order valence-electron chi connectivity index (χ0n) is 12.2. The minimum atomic E-state index is -0.782. The van der Waals surface area contributed by atoms with E-state index in [2.05, 4.69) is 15.0 Å². The lowest BCUT2D eigenvalue weighted by Gasteiger charge is -2.08. The minimum Gasteiger partial charge on any atom is -0.322 e. The van der Waals surface area contributed by atoms with E-state index in [1.807, 2.05) is 0 Å². The number of nitrogens with one attached hydrogen (secondary N) is 1. The van der Waals surface area contributed by atoms with Crippen molar-refractivity contribution < 1.29 is 13.7 Å². The van der Waals surface area contributed by atoms with Crippen molar-refractivity contribution in [3.63, 3.8) is 0 Å². The summed E-state index contributed by atoms with van der Waals surface area (Å²) in [6, 6.07) is 12.6. The predicted octanol–water partition coefficient (Wildman–Crippen LogP) is 2.93. The normalized spacial score (nSPS) is 10.6. The number of rotatable bonds is 4. The third-order valence-corrected chi connectivity index (χ3v) is 3.46. The summed E-state index contributed by atoms with van der Waals surface area (Å²) in [5.41, 5.74) is 0.545. The van der Waals surface area contributed by atoms with Crippen LogP contribution in [0.4, 0.5) is 10.1 Å². The van der Waals surface area contributed by atoms with Gasteiger partial charge in [0.25, 0.3) is 0 Å². The first-order chi connectivity index (χ1) is 11.5. The van der Waals surface area contributed by atoms with Crippen LogP contribution in [-0.4, -0.2) is 15.6 Å². The van der Waals surface area contributed by atoms with Crippen LogP contribution < -0.4 is 11.1 Å². The molecule has 3 rings (SSSR count). The highest BCUT2D eigenvalue weighted by Crippen LogP contribution is 2.20. The number of carbonyl (C=O) groups is 1. The molecule has 0 spiro atoms. The number of halogens is 2. The second-order valence-electron chi connectivity index (χ2n) is 4.90. The largest absolute Gasteiger partial charge is 0.442 e. The standard InChI is InChI=1S/C16H11ClFN3O3/c17-11-6-7-12(18)13(8-11)19-14(22)9-21-15(20-24-16(21)23)10-4-2-1-3-5-10/h1-8H,9H2,(H,19,22). The van der Waals surface area contributed by atoms with Gasteiger partial charge in [-0.25, -0.2) is 13.8 Å². The number of hydrogen-bond acceptors (Lipinski definition) is 4. The van der Waals surface area contributed by atoms with Gasteiger partial charge < -0.3 is 5.32 Å². The molecule has 1 heterocycles. The molecule has 0 aliphatic heterocycles. The van der Waals surface area contributed by atoms with Crippen molar-refractivity contribution in [2.45, 2.75) is 6.54 Å². The summed E-state index contributed by atoms with van der Waals surface area (Å²) in [6.07, 6.45) is 0. The Balaban J connectivity index is 1.84. The SMILES string of the molecule is O=C(Cn1c(-c2ccccc2)noc1=O)Nc1cc(Cl)ccc1F. The van der Waals surface area contributed by atoms with Crippen molar-refractivity contribution in [3.8, 4) is 11.4 Å². The monoisotopic (exact) mass is 347 g/mol. The van der Waals surface area contributed by atoms with Crippen molar-refractivity contribution in [2.75, 3.05) is 5.32 Å². The number of carbonyl (C=O) groups excluding carboxylic acids is 1. The third-order valence-electron chi connectivity index (χ3n) is 3.22. The highest BCUT2D eigenvalue weighted by molar-refractivity contribution is 6.30. The summed E-state index contributed by atoms with van der Waals surface area (Å²) < 4.78 is 19.3.